The van der Waals surface area contributed by atoms with E-state index in [2.05, 4.69) is 22.6 Å². The molecule has 2 aromatic rings. The van der Waals surface area contributed by atoms with Crippen molar-refractivity contribution in [2.45, 2.75) is 0 Å². The second-order valence-corrected chi connectivity index (χ2v) is 4.39. The number of fused-ring (bicyclic) bond motifs is 1. The van der Waals surface area contributed by atoms with Crippen LogP contribution >= 0.6 is 34.2 Å². The van der Waals surface area contributed by atoms with Gasteiger partial charge in [0, 0.05) is 5.02 Å². The van der Waals surface area contributed by atoms with E-state index in [4.69, 9.17) is 11.6 Å². The van der Waals surface area contributed by atoms with Gasteiger partial charge in [0.25, 0.3) is 0 Å². The summed E-state index contributed by atoms with van der Waals surface area (Å²) in [7, 11) is 0. The standard InChI is InChI=1S/C10H6ClIO/c11-8-2-1-6-5-10(13)9(12)4-7(6)3-8/h1-5,13H. The Kier molecular flexibility index (Phi) is 2.34. The first-order valence-corrected chi connectivity index (χ1v) is 5.20. The molecule has 66 valence electrons. The van der Waals surface area contributed by atoms with Crippen LogP contribution in [0.1, 0.15) is 0 Å². The van der Waals surface area contributed by atoms with Gasteiger partial charge in [0.05, 0.1) is 3.57 Å². The summed E-state index contributed by atoms with van der Waals surface area (Å²) in [4.78, 5) is 0. The van der Waals surface area contributed by atoms with E-state index in [1.54, 1.807) is 6.07 Å². The smallest absolute Gasteiger partial charge is 0.129 e. The Morgan fingerprint density at radius 1 is 1.08 bits per heavy atom. The predicted molar refractivity (Wildman–Crippen MR) is 63.3 cm³/mol. The van der Waals surface area contributed by atoms with Gasteiger partial charge in [-0.25, -0.2) is 0 Å². The number of hydrogen-bond donors (Lipinski definition) is 1. The summed E-state index contributed by atoms with van der Waals surface area (Å²) in [5.41, 5.74) is 0. The quantitative estimate of drug-likeness (QED) is 0.734. The number of phenolic OH excluding ortho intramolecular Hbond substituents is 1. The molecule has 0 heterocycles. The van der Waals surface area contributed by atoms with Gasteiger partial charge in [-0.15, -0.1) is 0 Å². The van der Waals surface area contributed by atoms with Gasteiger partial charge in [-0.1, -0.05) is 17.7 Å². The lowest BCUT2D eigenvalue weighted by Crippen LogP contribution is -1.77. The molecule has 0 amide bonds. The van der Waals surface area contributed by atoms with Gasteiger partial charge in [-0.3, -0.25) is 0 Å². The number of hydrogen-bond acceptors (Lipinski definition) is 1. The number of aromatic hydroxyl groups is 1. The Bertz CT molecular complexity index is 468. The lowest BCUT2D eigenvalue weighted by Gasteiger charge is -2.01. The van der Waals surface area contributed by atoms with Crippen molar-refractivity contribution in [2.75, 3.05) is 0 Å². The Hall–Kier alpha value is -0.480. The van der Waals surface area contributed by atoms with Crippen molar-refractivity contribution in [3.63, 3.8) is 0 Å². The number of halogens is 2. The fourth-order valence-corrected chi connectivity index (χ4v) is 1.90. The molecule has 0 aliphatic carbocycles. The first kappa shape index (κ1) is 9.09. The topological polar surface area (TPSA) is 20.2 Å². The second kappa shape index (κ2) is 3.35. The molecule has 1 nitrogen and oxygen atoms in total. The number of benzene rings is 2. The Balaban J connectivity index is 2.81. The SMILES string of the molecule is Oc1cc2ccc(Cl)cc2cc1I. The summed E-state index contributed by atoms with van der Waals surface area (Å²) in [5, 5.41) is 12.2. The van der Waals surface area contributed by atoms with Crippen LogP contribution in [0.25, 0.3) is 10.8 Å². The van der Waals surface area contributed by atoms with Crippen LogP contribution in [0.5, 0.6) is 5.75 Å². The zero-order valence-electron chi connectivity index (χ0n) is 6.59. The Labute approximate surface area is 94.5 Å². The molecular formula is C10H6ClIO. The lowest BCUT2D eigenvalue weighted by atomic mass is 10.1. The van der Waals surface area contributed by atoms with E-state index in [-0.39, 0.29) is 0 Å². The van der Waals surface area contributed by atoms with Crippen molar-refractivity contribution in [3.8, 4) is 5.75 Å². The van der Waals surface area contributed by atoms with Crippen LogP contribution < -0.4 is 0 Å². The second-order valence-electron chi connectivity index (χ2n) is 2.80. The van der Waals surface area contributed by atoms with Crippen LogP contribution in [-0.2, 0) is 0 Å². The monoisotopic (exact) mass is 304 g/mol. The molecule has 0 aromatic heterocycles. The first-order chi connectivity index (χ1) is 6.16. The maximum absolute atomic E-state index is 9.45. The molecule has 0 atom stereocenters. The van der Waals surface area contributed by atoms with Crippen LogP contribution in [0.3, 0.4) is 0 Å². The zero-order chi connectivity index (χ0) is 9.42. The minimum absolute atomic E-state index is 0.315. The van der Waals surface area contributed by atoms with E-state index in [0.717, 1.165) is 14.3 Å². The molecule has 0 saturated carbocycles. The maximum Gasteiger partial charge on any atom is 0.129 e. The van der Waals surface area contributed by atoms with Gasteiger partial charge in [0.2, 0.25) is 0 Å². The summed E-state index contributed by atoms with van der Waals surface area (Å²) in [5.74, 6) is 0.315. The van der Waals surface area contributed by atoms with Crippen LogP contribution in [0.15, 0.2) is 30.3 Å². The Morgan fingerprint density at radius 2 is 1.85 bits per heavy atom. The summed E-state index contributed by atoms with van der Waals surface area (Å²) < 4.78 is 0.840. The summed E-state index contributed by atoms with van der Waals surface area (Å²) in [6, 6.07) is 9.26. The van der Waals surface area contributed by atoms with E-state index >= 15 is 0 Å². The van der Waals surface area contributed by atoms with E-state index in [9.17, 15) is 5.11 Å². The van der Waals surface area contributed by atoms with E-state index in [1.165, 1.54) is 0 Å². The Morgan fingerprint density at radius 3 is 2.62 bits per heavy atom. The fraction of sp³-hybridized carbons (Fsp3) is 0. The van der Waals surface area contributed by atoms with E-state index in [1.807, 2.05) is 24.3 Å². The third kappa shape index (κ3) is 1.74. The summed E-state index contributed by atoms with van der Waals surface area (Å²) >= 11 is 7.94. The van der Waals surface area contributed by atoms with Crippen LogP contribution in [0.4, 0.5) is 0 Å². The predicted octanol–water partition coefficient (Wildman–Crippen LogP) is 3.80. The van der Waals surface area contributed by atoms with Gasteiger partial charge in [-0.05, 0) is 57.6 Å². The van der Waals surface area contributed by atoms with Crippen molar-refractivity contribution < 1.29 is 5.11 Å². The minimum atomic E-state index is 0.315. The van der Waals surface area contributed by atoms with Crippen LogP contribution in [0.2, 0.25) is 5.02 Å². The van der Waals surface area contributed by atoms with Crippen LogP contribution in [-0.4, -0.2) is 5.11 Å². The largest absolute Gasteiger partial charge is 0.507 e. The van der Waals surface area contributed by atoms with Crippen molar-refractivity contribution in [1.29, 1.82) is 0 Å². The average Bonchev–Trinajstić information content (AvgIpc) is 2.08. The van der Waals surface area contributed by atoms with E-state index < -0.39 is 0 Å². The highest BCUT2D eigenvalue weighted by atomic mass is 127. The molecule has 0 radical (unpaired) electrons. The highest BCUT2D eigenvalue weighted by Gasteiger charge is 2.00. The third-order valence-electron chi connectivity index (χ3n) is 1.87. The molecule has 2 rings (SSSR count). The van der Waals surface area contributed by atoms with Gasteiger partial charge in [0.1, 0.15) is 5.75 Å². The van der Waals surface area contributed by atoms with Crippen molar-refractivity contribution in [1.82, 2.24) is 0 Å². The molecule has 0 spiro atoms. The number of phenols is 1. The molecule has 0 aliphatic rings. The van der Waals surface area contributed by atoms with E-state index in [0.29, 0.717) is 10.8 Å². The van der Waals surface area contributed by atoms with Crippen LogP contribution in [0, 0.1) is 3.57 Å². The van der Waals surface area contributed by atoms with Gasteiger partial charge in [0.15, 0.2) is 0 Å². The average molecular weight is 305 g/mol. The first-order valence-electron chi connectivity index (χ1n) is 3.74. The van der Waals surface area contributed by atoms with Crippen molar-refractivity contribution in [3.05, 3.63) is 38.9 Å². The molecular weight excluding hydrogens is 298 g/mol. The van der Waals surface area contributed by atoms with Crippen molar-refractivity contribution in [2.24, 2.45) is 0 Å². The molecule has 0 fully saturated rings. The summed E-state index contributed by atoms with van der Waals surface area (Å²) in [6.45, 7) is 0. The lowest BCUT2D eigenvalue weighted by molar-refractivity contribution is 0.472. The molecule has 3 heteroatoms. The zero-order valence-corrected chi connectivity index (χ0v) is 9.50. The molecule has 0 aliphatic heterocycles. The van der Waals surface area contributed by atoms with Gasteiger partial charge < -0.3 is 5.11 Å². The highest BCUT2D eigenvalue weighted by molar-refractivity contribution is 14.1. The molecule has 0 unspecified atom stereocenters. The van der Waals surface area contributed by atoms with Crippen molar-refractivity contribution >= 4 is 45.0 Å². The highest BCUT2D eigenvalue weighted by Crippen LogP contribution is 2.27. The minimum Gasteiger partial charge on any atom is -0.507 e. The molecule has 13 heavy (non-hydrogen) atoms. The number of rotatable bonds is 0. The van der Waals surface area contributed by atoms with Gasteiger partial charge >= 0.3 is 0 Å². The molecule has 2 aromatic carbocycles. The van der Waals surface area contributed by atoms with Gasteiger partial charge in [-0.2, -0.15) is 0 Å². The normalized spacial score (nSPS) is 10.6. The molecule has 0 bridgehead atoms. The summed E-state index contributed by atoms with van der Waals surface area (Å²) in [6.07, 6.45) is 0. The third-order valence-corrected chi connectivity index (χ3v) is 2.97. The fourth-order valence-electron chi connectivity index (χ4n) is 1.23. The maximum atomic E-state index is 9.45. The molecule has 0 saturated heterocycles. The molecule has 1 N–H and O–H groups in total.